The number of aromatic nitrogens is 1. The third-order valence-electron chi connectivity index (χ3n) is 7.21. The van der Waals surface area contributed by atoms with Crippen LogP contribution in [-0.2, 0) is 10.0 Å². The molecule has 228 valence electrons. The predicted octanol–water partition coefficient (Wildman–Crippen LogP) is 7.27. The zero-order chi connectivity index (χ0) is 30.6. The summed E-state index contributed by atoms with van der Waals surface area (Å²) in [6.07, 6.45) is 4.94. The van der Waals surface area contributed by atoms with Gasteiger partial charge in [0, 0.05) is 36.8 Å². The van der Waals surface area contributed by atoms with Gasteiger partial charge in [-0.3, -0.25) is 9.71 Å². The van der Waals surface area contributed by atoms with Crippen LogP contribution >= 0.6 is 11.6 Å². The number of sulfonamides is 1. The van der Waals surface area contributed by atoms with E-state index in [9.17, 15) is 12.8 Å². The van der Waals surface area contributed by atoms with Crippen LogP contribution in [0, 0.1) is 17.6 Å². The van der Waals surface area contributed by atoms with Crippen molar-refractivity contribution in [1.82, 2.24) is 9.88 Å². The van der Waals surface area contributed by atoms with Crippen molar-refractivity contribution in [3.8, 4) is 23.0 Å². The molecule has 43 heavy (non-hydrogen) atoms. The van der Waals surface area contributed by atoms with Gasteiger partial charge in [-0.25, -0.2) is 17.2 Å². The summed E-state index contributed by atoms with van der Waals surface area (Å²) < 4.78 is 73.6. The van der Waals surface area contributed by atoms with Crippen LogP contribution in [0.25, 0.3) is 10.9 Å². The summed E-state index contributed by atoms with van der Waals surface area (Å²) in [6.45, 7) is 6.04. The van der Waals surface area contributed by atoms with Crippen LogP contribution in [0.1, 0.15) is 26.2 Å². The number of piperidine rings is 1. The van der Waals surface area contributed by atoms with Gasteiger partial charge in [-0.05, 0) is 74.2 Å². The SMILES string of the molecule is COc1cc2c(Oc3ccc(NS(=O)(=O)c4ccc(F)c(Cl)c4)cc3F)ccnc2cc1OCCCN1CCCC(C)C1. The maximum atomic E-state index is 15.1. The third-order valence-corrected chi connectivity index (χ3v) is 8.88. The van der Waals surface area contributed by atoms with Gasteiger partial charge in [-0.1, -0.05) is 18.5 Å². The summed E-state index contributed by atoms with van der Waals surface area (Å²) in [5.74, 6) is 0.395. The highest BCUT2D eigenvalue weighted by atomic mass is 35.5. The van der Waals surface area contributed by atoms with E-state index in [1.165, 1.54) is 25.0 Å². The summed E-state index contributed by atoms with van der Waals surface area (Å²) in [6, 6.07) is 11.7. The van der Waals surface area contributed by atoms with Gasteiger partial charge in [0.25, 0.3) is 10.0 Å². The summed E-state index contributed by atoms with van der Waals surface area (Å²) in [5, 5.41) is 0.228. The minimum atomic E-state index is -4.14. The first-order valence-electron chi connectivity index (χ1n) is 13.9. The number of likely N-dealkylation sites (tertiary alicyclic amines) is 1. The Morgan fingerprint density at radius 3 is 2.60 bits per heavy atom. The Bertz CT molecular complexity index is 1720. The van der Waals surface area contributed by atoms with Gasteiger partial charge in [-0.15, -0.1) is 0 Å². The Morgan fingerprint density at radius 1 is 1.02 bits per heavy atom. The number of halogens is 3. The van der Waals surface area contributed by atoms with Crippen LogP contribution in [0.5, 0.6) is 23.0 Å². The van der Waals surface area contributed by atoms with Crippen molar-refractivity contribution < 1.29 is 31.4 Å². The van der Waals surface area contributed by atoms with Crippen LogP contribution in [0.4, 0.5) is 14.5 Å². The first-order chi connectivity index (χ1) is 20.6. The van der Waals surface area contributed by atoms with Crippen molar-refractivity contribution in [1.29, 1.82) is 0 Å². The number of hydrogen-bond donors (Lipinski definition) is 1. The van der Waals surface area contributed by atoms with Crippen molar-refractivity contribution in [3.63, 3.8) is 0 Å². The molecule has 2 heterocycles. The first-order valence-corrected chi connectivity index (χ1v) is 15.8. The minimum Gasteiger partial charge on any atom is -0.493 e. The molecule has 1 N–H and O–H groups in total. The number of hydrogen-bond acceptors (Lipinski definition) is 7. The van der Waals surface area contributed by atoms with Crippen molar-refractivity contribution in [3.05, 3.63) is 77.5 Å². The standard InChI is InChI=1S/C31H32ClF2N3O5S/c1-20-5-3-12-37(19-20)13-4-14-41-31-18-27-23(17-30(31)40-2)28(10-11-35-27)42-29-9-6-21(15-26(29)34)36-43(38,39)22-7-8-25(33)24(32)16-22/h6-11,15-18,20,36H,3-5,12-14,19H2,1-2H3. The molecule has 0 spiro atoms. The zero-order valence-corrected chi connectivity index (χ0v) is 25.4. The number of anilines is 1. The number of fused-ring (bicyclic) bond motifs is 1. The second-order valence-corrected chi connectivity index (χ2v) is 12.6. The number of methoxy groups -OCH3 is 1. The lowest BCUT2D eigenvalue weighted by Gasteiger charge is -2.30. The summed E-state index contributed by atoms with van der Waals surface area (Å²) in [7, 11) is -2.60. The molecule has 1 aliphatic rings. The topological polar surface area (TPSA) is 90.0 Å². The lowest BCUT2D eigenvalue weighted by molar-refractivity contribution is 0.169. The van der Waals surface area contributed by atoms with Crippen LogP contribution in [0.15, 0.2) is 65.7 Å². The smallest absolute Gasteiger partial charge is 0.261 e. The Labute approximate surface area is 254 Å². The normalized spacial score (nSPS) is 15.8. The fourth-order valence-electron chi connectivity index (χ4n) is 5.07. The molecule has 1 aliphatic heterocycles. The number of ether oxygens (including phenoxy) is 3. The summed E-state index contributed by atoms with van der Waals surface area (Å²) in [5.41, 5.74) is 0.518. The van der Waals surface area contributed by atoms with Gasteiger partial charge >= 0.3 is 0 Å². The Hall–Kier alpha value is -3.67. The molecule has 8 nitrogen and oxygen atoms in total. The van der Waals surface area contributed by atoms with Crippen molar-refractivity contribution >= 4 is 38.2 Å². The monoisotopic (exact) mass is 631 g/mol. The van der Waals surface area contributed by atoms with Crippen LogP contribution in [0.3, 0.4) is 0 Å². The highest BCUT2D eigenvalue weighted by molar-refractivity contribution is 7.92. The number of nitrogens with zero attached hydrogens (tertiary/aromatic N) is 2. The largest absolute Gasteiger partial charge is 0.493 e. The fourth-order valence-corrected chi connectivity index (χ4v) is 6.39. The van der Waals surface area contributed by atoms with E-state index in [1.807, 2.05) is 0 Å². The number of nitrogens with one attached hydrogen (secondary N) is 1. The van der Waals surface area contributed by atoms with Crippen molar-refractivity contribution in [2.45, 2.75) is 31.1 Å². The second kappa shape index (κ2) is 13.3. The molecule has 5 rings (SSSR count). The molecule has 0 radical (unpaired) electrons. The van der Waals surface area contributed by atoms with Crippen LogP contribution < -0.4 is 18.9 Å². The van der Waals surface area contributed by atoms with E-state index in [-0.39, 0.29) is 21.4 Å². The number of benzene rings is 3. The molecule has 0 bridgehead atoms. The molecular formula is C31H32ClF2N3O5S. The maximum Gasteiger partial charge on any atom is 0.261 e. The lowest BCUT2D eigenvalue weighted by atomic mass is 10.0. The number of pyridine rings is 1. The molecule has 1 unspecified atom stereocenters. The lowest BCUT2D eigenvalue weighted by Crippen LogP contribution is -2.35. The van der Waals surface area contributed by atoms with E-state index in [0.29, 0.717) is 34.8 Å². The Balaban J connectivity index is 1.28. The average Bonchev–Trinajstić information content (AvgIpc) is 2.97. The minimum absolute atomic E-state index is 0.0526. The van der Waals surface area contributed by atoms with Gasteiger partial charge in [0.2, 0.25) is 0 Å². The molecule has 1 atom stereocenters. The van der Waals surface area contributed by atoms with Gasteiger partial charge in [0.1, 0.15) is 11.6 Å². The Morgan fingerprint density at radius 2 is 1.86 bits per heavy atom. The molecule has 1 fully saturated rings. The molecule has 12 heteroatoms. The molecule has 1 saturated heterocycles. The average molecular weight is 632 g/mol. The van der Waals surface area contributed by atoms with Crippen LogP contribution in [0.2, 0.25) is 5.02 Å². The summed E-state index contributed by atoms with van der Waals surface area (Å²) in [4.78, 5) is 6.63. The summed E-state index contributed by atoms with van der Waals surface area (Å²) >= 11 is 5.71. The molecule has 1 aromatic heterocycles. The van der Waals surface area contributed by atoms with Gasteiger partial charge < -0.3 is 19.1 Å². The van der Waals surface area contributed by atoms with Gasteiger partial charge in [0.15, 0.2) is 23.1 Å². The van der Waals surface area contributed by atoms with E-state index in [0.717, 1.165) is 56.2 Å². The maximum absolute atomic E-state index is 15.1. The highest BCUT2D eigenvalue weighted by Gasteiger charge is 2.19. The quantitative estimate of drug-likeness (QED) is 0.174. The van der Waals surface area contributed by atoms with Gasteiger partial charge in [-0.2, -0.15) is 0 Å². The van der Waals surface area contributed by atoms with Crippen molar-refractivity contribution in [2.24, 2.45) is 5.92 Å². The Kier molecular flexibility index (Phi) is 9.53. The van der Waals surface area contributed by atoms with E-state index in [1.54, 1.807) is 31.5 Å². The predicted molar refractivity (Wildman–Crippen MR) is 162 cm³/mol. The van der Waals surface area contributed by atoms with E-state index in [4.69, 9.17) is 25.8 Å². The molecule has 0 aliphatic carbocycles. The van der Waals surface area contributed by atoms with Crippen LogP contribution in [-0.4, -0.2) is 51.7 Å². The highest BCUT2D eigenvalue weighted by Crippen LogP contribution is 2.38. The molecule has 3 aromatic carbocycles. The second-order valence-electron chi connectivity index (χ2n) is 10.5. The molecule has 0 saturated carbocycles. The molecular weight excluding hydrogens is 600 g/mol. The fraction of sp³-hybridized carbons (Fsp3) is 0.323. The third kappa shape index (κ3) is 7.46. The number of rotatable bonds is 11. The first kappa shape index (κ1) is 30.8. The zero-order valence-electron chi connectivity index (χ0n) is 23.8. The molecule has 0 amide bonds. The van der Waals surface area contributed by atoms with Crippen molar-refractivity contribution in [2.75, 3.05) is 38.1 Å². The van der Waals surface area contributed by atoms with E-state index < -0.39 is 21.7 Å². The van der Waals surface area contributed by atoms with E-state index in [2.05, 4.69) is 21.5 Å². The van der Waals surface area contributed by atoms with Gasteiger partial charge in [0.05, 0.1) is 34.8 Å². The van der Waals surface area contributed by atoms with E-state index >= 15 is 4.39 Å². The molecule has 4 aromatic rings.